The van der Waals surface area contributed by atoms with Gasteiger partial charge in [-0.1, -0.05) is 30.3 Å². The summed E-state index contributed by atoms with van der Waals surface area (Å²) in [6.07, 6.45) is 0.990. The second kappa shape index (κ2) is 7.13. The molecule has 1 aliphatic heterocycles. The highest BCUT2D eigenvalue weighted by atomic mass is 16.5. The molecule has 144 valence electrons. The maximum absolute atomic E-state index is 5.94. The number of pyridine rings is 1. The maximum Gasteiger partial charge on any atom is 0.145 e. The molecule has 0 spiro atoms. The predicted molar refractivity (Wildman–Crippen MR) is 117 cm³/mol. The number of para-hydroxylation sites is 2. The molecule has 0 atom stereocenters. The number of benzene rings is 3. The Morgan fingerprint density at radius 3 is 2.38 bits per heavy atom. The molecule has 4 nitrogen and oxygen atoms in total. The van der Waals surface area contributed by atoms with Gasteiger partial charge in [-0.15, -0.1) is 0 Å². The summed E-state index contributed by atoms with van der Waals surface area (Å²) in [6.45, 7) is 3.03. The van der Waals surface area contributed by atoms with Crippen LogP contribution in [0.15, 0.2) is 72.8 Å². The lowest BCUT2D eigenvalue weighted by atomic mass is 10.1. The Hall–Kier alpha value is -3.53. The van der Waals surface area contributed by atoms with Gasteiger partial charge in [0.2, 0.25) is 0 Å². The van der Waals surface area contributed by atoms with Crippen LogP contribution in [0.5, 0.6) is 17.2 Å². The number of rotatable bonds is 4. The summed E-state index contributed by atoms with van der Waals surface area (Å²) in [5.41, 5.74) is 5.70. The summed E-state index contributed by atoms with van der Waals surface area (Å²) in [5, 5.41) is 1.13. The quantitative estimate of drug-likeness (QED) is 0.431. The molecule has 0 saturated carbocycles. The molecule has 0 radical (unpaired) electrons. The molecule has 1 aromatic heterocycles. The number of anilines is 2. The van der Waals surface area contributed by atoms with Gasteiger partial charge in [-0.05, 0) is 61.4 Å². The van der Waals surface area contributed by atoms with Crippen molar-refractivity contribution < 1.29 is 9.47 Å². The molecule has 0 amide bonds. The summed E-state index contributed by atoms with van der Waals surface area (Å²) in [4.78, 5) is 7.21. The molecular weight excluding hydrogens is 360 g/mol. The summed E-state index contributed by atoms with van der Waals surface area (Å²) >= 11 is 0. The zero-order chi connectivity index (χ0) is 19.8. The molecule has 5 rings (SSSR count). The Bertz CT molecular complexity index is 1170. The van der Waals surface area contributed by atoms with Crippen LogP contribution in [-0.4, -0.2) is 18.6 Å². The number of hydrogen-bond donors (Lipinski definition) is 0. The largest absolute Gasteiger partial charge is 0.494 e. The Balaban J connectivity index is 1.53. The molecular formula is C25H22N2O2. The van der Waals surface area contributed by atoms with Gasteiger partial charge in [0.1, 0.15) is 22.8 Å². The fourth-order valence-electron chi connectivity index (χ4n) is 4.08. The van der Waals surface area contributed by atoms with Crippen molar-refractivity contribution >= 4 is 22.3 Å². The van der Waals surface area contributed by atoms with Crippen molar-refractivity contribution in [1.29, 1.82) is 0 Å². The van der Waals surface area contributed by atoms with Crippen molar-refractivity contribution in [3.8, 4) is 17.2 Å². The Morgan fingerprint density at radius 1 is 0.862 bits per heavy atom. The molecule has 4 aromatic rings. The zero-order valence-corrected chi connectivity index (χ0v) is 16.6. The standard InChI is InChI=1S/C25H22N2O2/c1-17-21-15-16-27(25(21)22-9-6-10-23(28-2)24(22)26-17)18-11-13-20(14-12-18)29-19-7-4-3-5-8-19/h3-14H,15-16H2,1-2H3. The average Bonchev–Trinajstić information content (AvgIpc) is 3.21. The summed E-state index contributed by atoms with van der Waals surface area (Å²) in [7, 11) is 1.70. The van der Waals surface area contributed by atoms with Crippen molar-refractivity contribution in [2.75, 3.05) is 18.6 Å². The highest BCUT2D eigenvalue weighted by molar-refractivity contribution is 6.00. The molecule has 2 heterocycles. The van der Waals surface area contributed by atoms with Crippen LogP contribution in [0.4, 0.5) is 11.4 Å². The van der Waals surface area contributed by atoms with Crippen LogP contribution in [0, 0.1) is 6.92 Å². The number of methoxy groups -OCH3 is 1. The summed E-state index contributed by atoms with van der Waals surface area (Å²) in [6, 6.07) is 24.3. The first-order chi connectivity index (χ1) is 14.2. The van der Waals surface area contributed by atoms with Gasteiger partial charge < -0.3 is 14.4 Å². The first kappa shape index (κ1) is 17.6. The smallest absolute Gasteiger partial charge is 0.145 e. The van der Waals surface area contributed by atoms with E-state index in [2.05, 4.69) is 30.0 Å². The van der Waals surface area contributed by atoms with Gasteiger partial charge in [0.15, 0.2) is 0 Å². The van der Waals surface area contributed by atoms with Gasteiger partial charge in [0.05, 0.1) is 12.8 Å². The minimum atomic E-state index is 0.812. The van der Waals surface area contributed by atoms with E-state index in [1.165, 1.54) is 11.3 Å². The first-order valence-electron chi connectivity index (χ1n) is 9.81. The highest BCUT2D eigenvalue weighted by Crippen LogP contribution is 2.43. The maximum atomic E-state index is 5.94. The lowest BCUT2D eigenvalue weighted by Gasteiger charge is -2.22. The molecule has 1 aliphatic rings. The summed E-state index contributed by atoms with van der Waals surface area (Å²) in [5.74, 6) is 2.48. The van der Waals surface area contributed by atoms with E-state index in [0.29, 0.717) is 0 Å². The van der Waals surface area contributed by atoms with E-state index in [9.17, 15) is 0 Å². The lowest BCUT2D eigenvalue weighted by Crippen LogP contribution is -2.13. The molecule has 0 aliphatic carbocycles. The van der Waals surface area contributed by atoms with Crippen LogP contribution in [0.1, 0.15) is 11.3 Å². The van der Waals surface area contributed by atoms with E-state index < -0.39 is 0 Å². The SMILES string of the molecule is COc1cccc2c3c(c(C)nc12)CCN3c1ccc(Oc2ccccc2)cc1. The number of aryl methyl sites for hydroxylation is 1. The number of aromatic nitrogens is 1. The minimum Gasteiger partial charge on any atom is -0.494 e. The van der Waals surface area contributed by atoms with E-state index in [4.69, 9.17) is 14.5 Å². The molecule has 0 unspecified atom stereocenters. The fourth-order valence-corrected chi connectivity index (χ4v) is 4.08. The molecule has 0 fully saturated rings. The van der Waals surface area contributed by atoms with Gasteiger partial charge in [0, 0.05) is 23.3 Å². The zero-order valence-electron chi connectivity index (χ0n) is 16.6. The van der Waals surface area contributed by atoms with E-state index in [1.54, 1.807) is 7.11 Å². The van der Waals surface area contributed by atoms with Gasteiger partial charge in [-0.2, -0.15) is 0 Å². The third kappa shape index (κ3) is 3.07. The number of hydrogen-bond acceptors (Lipinski definition) is 4. The third-order valence-corrected chi connectivity index (χ3v) is 5.46. The number of fused-ring (bicyclic) bond motifs is 3. The molecule has 0 saturated heterocycles. The summed E-state index contributed by atoms with van der Waals surface area (Å²) < 4.78 is 11.5. The van der Waals surface area contributed by atoms with Gasteiger partial charge >= 0.3 is 0 Å². The monoisotopic (exact) mass is 382 g/mol. The van der Waals surface area contributed by atoms with E-state index in [-0.39, 0.29) is 0 Å². The normalized spacial score (nSPS) is 12.8. The van der Waals surface area contributed by atoms with Gasteiger partial charge in [0.25, 0.3) is 0 Å². The van der Waals surface area contributed by atoms with Gasteiger partial charge in [-0.3, -0.25) is 0 Å². The van der Waals surface area contributed by atoms with Gasteiger partial charge in [-0.25, -0.2) is 4.98 Å². The van der Waals surface area contributed by atoms with Crippen LogP contribution in [0.2, 0.25) is 0 Å². The van der Waals surface area contributed by atoms with Crippen LogP contribution in [-0.2, 0) is 6.42 Å². The van der Waals surface area contributed by atoms with Crippen molar-refractivity contribution in [3.05, 3.63) is 84.1 Å². The number of ether oxygens (including phenoxy) is 2. The van der Waals surface area contributed by atoms with E-state index in [1.807, 2.05) is 54.6 Å². The highest BCUT2D eigenvalue weighted by Gasteiger charge is 2.26. The van der Waals surface area contributed by atoms with Crippen LogP contribution in [0.25, 0.3) is 10.9 Å². The molecule has 4 heteroatoms. The second-order valence-corrected chi connectivity index (χ2v) is 7.19. The molecule has 3 aromatic carbocycles. The van der Waals surface area contributed by atoms with Crippen LogP contribution in [0.3, 0.4) is 0 Å². The van der Waals surface area contributed by atoms with Crippen LogP contribution < -0.4 is 14.4 Å². The van der Waals surface area contributed by atoms with Crippen molar-refractivity contribution in [1.82, 2.24) is 4.98 Å². The first-order valence-corrected chi connectivity index (χ1v) is 9.81. The van der Waals surface area contributed by atoms with Crippen molar-refractivity contribution in [2.45, 2.75) is 13.3 Å². The molecule has 0 bridgehead atoms. The minimum absolute atomic E-state index is 0.812. The Labute approximate surface area is 170 Å². The predicted octanol–water partition coefficient (Wildman–Crippen LogP) is 6.04. The average molecular weight is 382 g/mol. The van der Waals surface area contributed by atoms with E-state index in [0.717, 1.165) is 52.5 Å². The lowest BCUT2D eigenvalue weighted by molar-refractivity contribution is 0.419. The van der Waals surface area contributed by atoms with Crippen LogP contribution >= 0.6 is 0 Å². The van der Waals surface area contributed by atoms with Crippen molar-refractivity contribution in [2.24, 2.45) is 0 Å². The van der Waals surface area contributed by atoms with E-state index >= 15 is 0 Å². The Kier molecular flexibility index (Phi) is 4.32. The topological polar surface area (TPSA) is 34.6 Å². The second-order valence-electron chi connectivity index (χ2n) is 7.19. The third-order valence-electron chi connectivity index (χ3n) is 5.46. The van der Waals surface area contributed by atoms with Crippen molar-refractivity contribution in [3.63, 3.8) is 0 Å². The Morgan fingerprint density at radius 2 is 1.62 bits per heavy atom. The molecule has 0 N–H and O–H groups in total. The number of nitrogens with zero attached hydrogens (tertiary/aromatic N) is 2. The fraction of sp³-hybridized carbons (Fsp3) is 0.160. The molecule has 29 heavy (non-hydrogen) atoms.